The molecule has 2 heterocycles. The summed E-state index contributed by atoms with van der Waals surface area (Å²) in [5.74, 6) is 3.08. The number of nitrogens with zero attached hydrogens (tertiary/aromatic N) is 3. The van der Waals surface area contributed by atoms with Crippen molar-refractivity contribution in [2.24, 2.45) is 0 Å². The molecule has 1 saturated heterocycles. The highest BCUT2D eigenvalue weighted by Gasteiger charge is 2.20. The Kier molecular flexibility index (Phi) is 4.08. The summed E-state index contributed by atoms with van der Waals surface area (Å²) in [5, 5.41) is 0.739. The predicted octanol–water partition coefficient (Wildman–Crippen LogP) is 2.88. The van der Waals surface area contributed by atoms with Crippen molar-refractivity contribution in [3.63, 3.8) is 0 Å². The molecule has 0 bridgehead atoms. The maximum absolute atomic E-state index is 4.50. The highest BCUT2D eigenvalue weighted by atomic mass is 79.9. The molecule has 1 aliphatic heterocycles. The Hall–Kier alpha value is -0.290. The zero-order valence-electron chi connectivity index (χ0n) is 9.61. The van der Waals surface area contributed by atoms with E-state index >= 15 is 0 Å². The van der Waals surface area contributed by atoms with Gasteiger partial charge in [-0.1, -0.05) is 6.92 Å². The monoisotopic (exact) mass is 301 g/mol. The Morgan fingerprint density at radius 2 is 2.38 bits per heavy atom. The summed E-state index contributed by atoms with van der Waals surface area (Å²) in [5.41, 5.74) is 0. The molecule has 0 N–H and O–H groups in total. The molecule has 0 amide bonds. The summed E-state index contributed by atoms with van der Waals surface area (Å²) in [4.78, 5) is 11.1. The zero-order chi connectivity index (χ0) is 11.5. The van der Waals surface area contributed by atoms with E-state index in [-0.39, 0.29) is 0 Å². The molecule has 0 spiro atoms. The van der Waals surface area contributed by atoms with Crippen molar-refractivity contribution in [1.82, 2.24) is 9.97 Å². The van der Waals surface area contributed by atoms with Crippen LogP contribution in [0.5, 0.6) is 0 Å². The van der Waals surface area contributed by atoms with Gasteiger partial charge in [-0.05, 0) is 29.3 Å². The minimum Gasteiger partial charge on any atom is -0.355 e. The average Bonchev–Trinajstić information content (AvgIpc) is 2.28. The normalized spacial score (nSPS) is 21.2. The van der Waals surface area contributed by atoms with Gasteiger partial charge in [0.2, 0.25) is 0 Å². The minimum atomic E-state index is 0.739. The smallest absolute Gasteiger partial charge is 0.133 e. The first-order chi connectivity index (χ1) is 7.69. The number of anilines is 1. The molecule has 1 unspecified atom stereocenters. The van der Waals surface area contributed by atoms with Crippen LogP contribution >= 0.6 is 27.7 Å². The van der Waals surface area contributed by atoms with E-state index < -0.39 is 0 Å². The van der Waals surface area contributed by atoms with Crippen LogP contribution in [-0.2, 0) is 0 Å². The third-order valence-corrected chi connectivity index (χ3v) is 4.49. The van der Waals surface area contributed by atoms with Crippen molar-refractivity contribution in [3.8, 4) is 0 Å². The van der Waals surface area contributed by atoms with E-state index in [1.807, 2.05) is 13.0 Å². The molecular weight excluding hydrogens is 286 g/mol. The number of hydrogen-bond donors (Lipinski definition) is 0. The number of halogens is 1. The third kappa shape index (κ3) is 2.88. The predicted molar refractivity (Wildman–Crippen MR) is 73.2 cm³/mol. The van der Waals surface area contributed by atoms with E-state index in [2.05, 4.69) is 49.5 Å². The number of aryl methyl sites for hydroxylation is 1. The molecule has 0 radical (unpaired) electrons. The van der Waals surface area contributed by atoms with Crippen LogP contribution in [0.2, 0.25) is 0 Å². The van der Waals surface area contributed by atoms with Gasteiger partial charge in [0.1, 0.15) is 16.2 Å². The fraction of sp³-hybridized carbons (Fsp3) is 0.636. The summed E-state index contributed by atoms with van der Waals surface area (Å²) >= 11 is 5.50. The van der Waals surface area contributed by atoms with Crippen molar-refractivity contribution >= 4 is 33.5 Å². The van der Waals surface area contributed by atoms with E-state index in [0.717, 1.165) is 34.6 Å². The van der Waals surface area contributed by atoms with Gasteiger partial charge in [-0.2, -0.15) is 11.8 Å². The maximum Gasteiger partial charge on any atom is 0.133 e. The first kappa shape index (κ1) is 12.2. The number of rotatable bonds is 2. The van der Waals surface area contributed by atoms with Crippen molar-refractivity contribution in [2.45, 2.75) is 25.5 Å². The lowest BCUT2D eigenvalue weighted by Gasteiger charge is -2.32. The van der Waals surface area contributed by atoms with Gasteiger partial charge in [0.05, 0.1) is 0 Å². The second-order valence-corrected chi connectivity index (χ2v) is 6.16. The molecule has 0 saturated carbocycles. The minimum absolute atomic E-state index is 0.739. The molecule has 3 nitrogen and oxygen atoms in total. The van der Waals surface area contributed by atoms with Gasteiger partial charge in [-0.3, -0.25) is 0 Å². The van der Waals surface area contributed by atoms with E-state index in [9.17, 15) is 0 Å². The van der Waals surface area contributed by atoms with Gasteiger partial charge in [-0.25, -0.2) is 9.97 Å². The van der Waals surface area contributed by atoms with Crippen LogP contribution in [0.15, 0.2) is 10.7 Å². The summed E-state index contributed by atoms with van der Waals surface area (Å²) in [6, 6.07) is 2.01. The largest absolute Gasteiger partial charge is 0.355 e. The van der Waals surface area contributed by atoms with E-state index in [0.29, 0.717) is 0 Å². The van der Waals surface area contributed by atoms with Crippen LogP contribution in [0.3, 0.4) is 0 Å². The van der Waals surface area contributed by atoms with Gasteiger partial charge in [0, 0.05) is 30.2 Å². The van der Waals surface area contributed by atoms with E-state index in [1.165, 1.54) is 12.2 Å². The SMILES string of the molecule is CCC1CN(c2cc(Br)nc(C)n2)CCS1. The van der Waals surface area contributed by atoms with Crippen LogP contribution in [-0.4, -0.2) is 34.1 Å². The van der Waals surface area contributed by atoms with Gasteiger partial charge in [0.25, 0.3) is 0 Å². The highest BCUT2D eigenvalue weighted by molar-refractivity contribution is 9.10. The molecule has 1 aromatic heterocycles. The summed E-state index contributed by atoms with van der Waals surface area (Å²) in [6.45, 7) is 6.38. The Morgan fingerprint density at radius 1 is 1.56 bits per heavy atom. The lowest BCUT2D eigenvalue weighted by molar-refractivity contribution is 0.716. The van der Waals surface area contributed by atoms with Crippen molar-refractivity contribution in [2.75, 3.05) is 23.7 Å². The molecule has 5 heteroatoms. The van der Waals surface area contributed by atoms with Crippen LogP contribution in [0.25, 0.3) is 0 Å². The van der Waals surface area contributed by atoms with Crippen LogP contribution in [0.4, 0.5) is 5.82 Å². The molecular formula is C11H16BrN3S. The highest BCUT2D eigenvalue weighted by Crippen LogP contribution is 2.25. The van der Waals surface area contributed by atoms with Crippen molar-refractivity contribution < 1.29 is 0 Å². The lowest BCUT2D eigenvalue weighted by atomic mass is 10.3. The first-order valence-electron chi connectivity index (χ1n) is 5.56. The summed E-state index contributed by atoms with van der Waals surface area (Å²) < 4.78 is 0.876. The molecule has 1 aliphatic rings. The van der Waals surface area contributed by atoms with Gasteiger partial charge in [-0.15, -0.1) is 0 Å². The molecule has 0 aliphatic carbocycles. The quantitative estimate of drug-likeness (QED) is 0.786. The van der Waals surface area contributed by atoms with Gasteiger partial charge in [0.15, 0.2) is 0 Å². The number of aromatic nitrogens is 2. The van der Waals surface area contributed by atoms with Crippen molar-refractivity contribution in [3.05, 3.63) is 16.5 Å². The maximum atomic E-state index is 4.50. The fourth-order valence-electron chi connectivity index (χ4n) is 1.85. The average molecular weight is 302 g/mol. The second-order valence-electron chi connectivity index (χ2n) is 3.94. The van der Waals surface area contributed by atoms with E-state index in [4.69, 9.17) is 0 Å². The molecule has 0 aromatic carbocycles. The van der Waals surface area contributed by atoms with Crippen molar-refractivity contribution in [1.29, 1.82) is 0 Å². The molecule has 1 aromatic rings. The second kappa shape index (κ2) is 5.36. The number of hydrogen-bond acceptors (Lipinski definition) is 4. The zero-order valence-corrected chi connectivity index (χ0v) is 12.0. The first-order valence-corrected chi connectivity index (χ1v) is 7.41. The molecule has 88 valence electrons. The fourth-order valence-corrected chi connectivity index (χ4v) is 3.49. The Labute approximate surface area is 109 Å². The lowest BCUT2D eigenvalue weighted by Crippen LogP contribution is -2.38. The molecule has 1 fully saturated rings. The van der Waals surface area contributed by atoms with Gasteiger partial charge >= 0.3 is 0 Å². The Bertz CT molecular complexity index is 352. The molecule has 16 heavy (non-hydrogen) atoms. The molecule has 1 atom stereocenters. The summed E-state index contributed by atoms with van der Waals surface area (Å²) in [6.07, 6.45) is 1.23. The Balaban J connectivity index is 2.16. The summed E-state index contributed by atoms with van der Waals surface area (Å²) in [7, 11) is 0. The van der Waals surface area contributed by atoms with Crippen LogP contribution < -0.4 is 4.90 Å². The standard InChI is InChI=1S/C11H16BrN3S/c1-3-9-7-15(4-5-16-9)11-6-10(12)13-8(2)14-11/h6,9H,3-5,7H2,1-2H3. The van der Waals surface area contributed by atoms with Crippen LogP contribution in [0.1, 0.15) is 19.2 Å². The number of thioether (sulfide) groups is 1. The van der Waals surface area contributed by atoms with E-state index in [1.54, 1.807) is 0 Å². The Morgan fingerprint density at radius 3 is 3.06 bits per heavy atom. The topological polar surface area (TPSA) is 29.0 Å². The van der Waals surface area contributed by atoms with Crippen LogP contribution in [0, 0.1) is 6.92 Å². The molecule has 2 rings (SSSR count). The third-order valence-electron chi connectivity index (χ3n) is 2.71. The van der Waals surface area contributed by atoms with Gasteiger partial charge < -0.3 is 4.90 Å².